The van der Waals surface area contributed by atoms with Crippen LogP contribution in [0.1, 0.15) is 24.0 Å². The molecule has 4 heteroatoms. The van der Waals surface area contributed by atoms with E-state index in [-0.39, 0.29) is 0 Å². The third-order valence-electron chi connectivity index (χ3n) is 4.47. The Labute approximate surface area is 150 Å². The Morgan fingerprint density at radius 3 is 3.00 bits per heavy atom. The maximum atomic E-state index is 6.07. The summed E-state index contributed by atoms with van der Waals surface area (Å²) in [5.41, 5.74) is 2.25. The fourth-order valence-corrected chi connectivity index (χ4v) is 3.15. The Balaban J connectivity index is 1.47. The molecular weight excluding hydrogens is 312 g/mol. The molecule has 0 unspecified atom stereocenters. The van der Waals surface area contributed by atoms with Crippen molar-refractivity contribution in [2.45, 2.75) is 25.6 Å². The van der Waals surface area contributed by atoms with E-state index in [9.17, 15) is 0 Å². The molecule has 4 nitrogen and oxygen atoms in total. The number of likely N-dealkylation sites (tertiary alicyclic amines) is 1. The molecule has 1 aliphatic rings. The average Bonchev–Trinajstić information content (AvgIpc) is 2.68. The van der Waals surface area contributed by atoms with Crippen molar-refractivity contribution in [1.29, 1.82) is 0 Å². The molecule has 3 rings (SSSR count). The van der Waals surface area contributed by atoms with Crippen molar-refractivity contribution in [3.8, 4) is 5.75 Å². The van der Waals surface area contributed by atoms with Gasteiger partial charge in [0.2, 0.25) is 0 Å². The highest BCUT2D eigenvalue weighted by molar-refractivity contribution is 5.57. The van der Waals surface area contributed by atoms with Gasteiger partial charge in [-0.25, -0.2) is 0 Å². The Hall–Kier alpha value is -2.17. The molecule has 0 radical (unpaired) electrons. The summed E-state index contributed by atoms with van der Waals surface area (Å²) < 4.78 is 11.5. The van der Waals surface area contributed by atoms with Crippen molar-refractivity contribution in [2.24, 2.45) is 0 Å². The molecule has 2 heterocycles. The zero-order valence-electron chi connectivity index (χ0n) is 14.8. The van der Waals surface area contributed by atoms with E-state index in [4.69, 9.17) is 9.47 Å². The van der Waals surface area contributed by atoms with Gasteiger partial charge in [-0.15, -0.1) is 0 Å². The summed E-state index contributed by atoms with van der Waals surface area (Å²) in [7, 11) is 1.71. The maximum Gasteiger partial charge on any atom is 0.126 e. The highest BCUT2D eigenvalue weighted by Gasteiger charge is 2.19. The van der Waals surface area contributed by atoms with Gasteiger partial charge in [-0.3, -0.25) is 9.88 Å². The highest BCUT2D eigenvalue weighted by atomic mass is 16.5. The number of nitrogens with zero attached hydrogens (tertiary/aromatic N) is 2. The lowest BCUT2D eigenvalue weighted by atomic mass is 10.1. The summed E-state index contributed by atoms with van der Waals surface area (Å²) in [5, 5.41) is 0. The van der Waals surface area contributed by atoms with Crippen LogP contribution < -0.4 is 4.74 Å². The molecule has 0 bridgehead atoms. The van der Waals surface area contributed by atoms with Gasteiger partial charge in [0.25, 0.3) is 0 Å². The van der Waals surface area contributed by atoms with Crippen LogP contribution in [-0.2, 0) is 11.3 Å². The largest absolute Gasteiger partial charge is 0.496 e. The third kappa shape index (κ3) is 5.41. The number of para-hydroxylation sites is 1. The highest BCUT2D eigenvalue weighted by Crippen LogP contribution is 2.19. The van der Waals surface area contributed by atoms with E-state index < -0.39 is 0 Å². The van der Waals surface area contributed by atoms with Gasteiger partial charge in [0.15, 0.2) is 0 Å². The van der Waals surface area contributed by atoms with E-state index >= 15 is 0 Å². The maximum absolute atomic E-state index is 6.07. The van der Waals surface area contributed by atoms with Crippen molar-refractivity contribution in [1.82, 2.24) is 9.88 Å². The van der Waals surface area contributed by atoms with Gasteiger partial charge < -0.3 is 9.47 Å². The van der Waals surface area contributed by atoms with Gasteiger partial charge in [0, 0.05) is 31.0 Å². The number of hydrogen-bond donors (Lipinski definition) is 0. The Bertz CT molecular complexity index is 673. The van der Waals surface area contributed by atoms with Crippen LogP contribution in [-0.4, -0.2) is 42.7 Å². The predicted molar refractivity (Wildman–Crippen MR) is 101 cm³/mol. The molecule has 25 heavy (non-hydrogen) atoms. The summed E-state index contributed by atoms with van der Waals surface area (Å²) in [6.45, 7) is 3.69. The van der Waals surface area contributed by atoms with Crippen LogP contribution in [0.4, 0.5) is 0 Å². The smallest absolute Gasteiger partial charge is 0.126 e. The van der Waals surface area contributed by atoms with E-state index in [0.29, 0.717) is 12.7 Å². The predicted octanol–water partition coefficient (Wildman–Crippen LogP) is 3.78. The van der Waals surface area contributed by atoms with Crippen molar-refractivity contribution < 1.29 is 9.47 Å². The quantitative estimate of drug-likeness (QED) is 0.769. The van der Waals surface area contributed by atoms with Gasteiger partial charge in [-0.2, -0.15) is 0 Å². The topological polar surface area (TPSA) is 34.6 Å². The Morgan fingerprint density at radius 1 is 1.24 bits per heavy atom. The number of pyridine rings is 1. The second kappa shape index (κ2) is 9.35. The second-order valence-corrected chi connectivity index (χ2v) is 6.34. The van der Waals surface area contributed by atoms with E-state index in [1.54, 1.807) is 13.3 Å². The average molecular weight is 338 g/mol. The van der Waals surface area contributed by atoms with E-state index in [1.165, 1.54) is 6.42 Å². The molecule has 0 aliphatic carbocycles. The van der Waals surface area contributed by atoms with E-state index in [1.807, 2.05) is 30.5 Å². The van der Waals surface area contributed by atoms with Gasteiger partial charge in [-0.1, -0.05) is 36.4 Å². The normalized spacial score (nSPS) is 18.5. The number of hydrogen-bond acceptors (Lipinski definition) is 4. The van der Waals surface area contributed by atoms with Crippen molar-refractivity contribution in [3.63, 3.8) is 0 Å². The second-order valence-electron chi connectivity index (χ2n) is 6.34. The van der Waals surface area contributed by atoms with Gasteiger partial charge in [0.1, 0.15) is 5.75 Å². The van der Waals surface area contributed by atoms with Crippen LogP contribution in [0, 0.1) is 0 Å². The Morgan fingerprint density at radius 2 is 2.16 bits per heavy atom. The molecule has 1 atom stereocenters. The van der Waals surface area contributed by atoms with E-state index in [2.05, 4.69) is 34.2 Å². The molecule has 1 saturated heterocycles. The molecular formula is C21H26N2O2. The Kier molecular flexibility index (Phi) is 6.60. The fourth-order valence-electron chi connectivity index (χ4n) is 3.15. The van der Waals surface area contributed by atoms with Gasteiger partial charge in [-0.05, 0) is 37.1 Å². The SMILES string of the molecule is COc1ccccc1/C=C/CN1CCC[C@@H](OCc2cccnc2)C1. The summed E-state index contributed by atoms with van der Waals surface area (Å²) in [6, 6.07) is 12.1. The first-order valence-electron chi connectivity index (χ1n) is 8.87. The van der Waals surface area contributed by atoms with Crippen LogP contribution >= 0.6 is 0 Å². The molecule has 1 aliphatic heterocycles. The van der Waals surface area contributed by atoms with Crippen molar-refractivity contribution in [2.75, 3.05) is 26.7 Å². The first kappa shape index (κ1) is 17.6. The van der Waals surface area contributed by atoms with Crippen LogP contribution in [0.15, 0.2) is 54.9 Å². The van der Waals surface area contributed by atoms with Crippen molar-refractivity contribution >= 4 is 6.08 Å². The molecule has 132 valence electrons. The third-order valence-corrected chi connectivity index (χ3v) is 4.47. The molecule has 0 spiro atoms. The van der Waals surface area contributed by atoms with Gasteiger partial charge >= 0.3 is 0 Å². The lowest BCUT2D eigenvalue weighted by Crippen LogP contribution is -2.39. The molecule has 0 amide bonds. The van der Waals surface area contributed by atoms with Crippen LogP contribution in [0.2, 0.25) is 0 Å². The molecule has 1 fully saturated rings. The summed E-state index contributed by atoms with van der Waals surface area (Å²) in [4.78, 5) is 6.58. The molecule has 0 saturated carbocycles. The molecule has 2 aromatic rings. The van der Waals surface area contributed by atoms with Crippen LogP contribution in [0.25, 0.3) is 6.08 Å². The molecule has 0 N–H and O–H groups in total. The van der Waals surface area contributed by atoms with E-state index in [0.717, 1.165) is 42.9 Å². The van der Waals surface area contributed by atoms with Crippen LogP contribution in [0.3, 0.4) is 0 Å². The lowest BCUT2D eigenvalue weighted by Gasteiger charge is -2.31. The van der Waals surface area contributed by atoms with Crippen molar-refractivity contribution in [3.05, 3.63) is 66.0 Å². The number of aromatic nitrogens is 1. The number of piperidine rings is 1. The minimum absolute atomic E-state index is 0.300. The first-order chi connectivity index (χ1) is 12.3. The number of methoxy groups -OCH3 is 1. The molecule has 1 aromatic heterocycles. The zero-order valence-corrected chi connectivity index (χ0v) is 14.8. The minimum atomic E-state index is 0.300. The number of rotatable bonds is 7. The standard InChI is InChI=1S/C21H26N2O2/c1-24-21-11-3-2-8-19(21)9-5-13-23-14-6-10-20(16-23)25-17-18-7-4-12-22-15-18/h2-5,7-9,11-12,15,20H,6,10,13-14,16-17H2,1H3/b9-5+/t20-/m1/s1. The lowest BCUT2D eigenvalue weighted by molar-refractivity contribution is -0.00716. The minimum Gasteiger partial charge on any atom is -0.496 e. The summed E-state index contributed by atoms with van der Waals surface area (Å²) in [5.74, 6) is 0.912. The number of benzene rings is 1. The fraction of sp³-hybridized carbons (Fsp3) is 0.381. The first-order valence-corrected chi connectivity index (χ1v) is 8.87. The monoisotopic (exact) mass is 338 g/mol. The molecule has 1 aromatic carbocycles. The number of ether oxygens (including phenoxy) is 2. The van der Waals surface area contributed by atoms with Crippen LogP contribution in [0.5, 0.6) is 5.75 Å². The zero-order chi connectivity index (χ0) is 17.3. The summed E-state index contributed by atoms with van der Waals surface area (Å²) in [6.07, 6.45) is 10.6. The van der Waals surface area contributed by atoms with Gasteiger partial charge in [0.05, 0.1) is 19.8 Å². The summed E-state index contributed by atoms with van der Waals surface area (Å²) >= 11 is 0.